The fourth-order valence-electron chi connectivity index (χ4n) is 6.44. The number of carbonyl (C=O) groups excluding carboxylic acids is 2. The van der Waals surface area contributed by atoms with Crippen molar-refractivity contribution in [3.8, 4) is 23.0 Å². The Morgan fingerprint density at radius 3 is 1.97 bits per heavy atom. The molecule has 3 saturated heterocycles. The molecular weight excluding hydrogens is 780 g/mol. The monoisotopic (exact) mass is 828 g/mol. The van der Waals surface area contributed by atoms with Gasteiger partial charge >= 0.3 is 11.9 Å². The molecule has 0 aliphatic carbocycles. The van der Waals surface area contributed by atoms with Crippen molar-refractivity contribution in [1.29, 1.82) is 0 Å². The van der Waals surface area contributed by atoms with Gasteiger partial charge in [-0.15, -0.1) is 0 Å². The van der Waals surface area contributed by atoms with Crippen LogP contribution in [-0.2, 0) is 53.9 Å². The number of ether oxygens (including phenoxy) is 8. The van der Waals surface area contributed by atoms with E-state index in [9.17, 15) is 65.8 Å². The third kappa shape index (κ3) is 10.7. The van der Waals surface area contributed by atoms with Crippen molar-refractivity contribution in [2.24, 2.45) is 0 Å². The van der Waals surface area contributed by atoms with Gasteiger partial charge in [-0.05, 0) is 54.8 Å². The molecule has 5 rings (SSSR count). The zero-order valence-electron chi connectivity index (χ0n) is 31.1. The van der Waals surface area contributed by atoms with Crippen LogP contribution < -0.4 is 0 Å². The van der Waals surface area contributed by atoms with Gasteiger partial charge < -0.3 is 94.1 Å². The van der Waals surface area contributed by atoms with Crippen molar-refractivity contribution in [3.05, 3.63) is 53.6 Å². The number of rotatable bonds is 14. The Morgan fingerprint density at radius 2 is 1.31 bits per heavy atom. The van der Waals surface area contributed by atoms with Gasteiger partial charge in [0.15, 0.2) is 54.1 Å². The zero-order chi connectivity index (χ0) is 42.4. The summed E-state index contributed by atoms with van der Waals surface area (Å²) < 4.78 is 46.6. The molecule has 0 spiro atoms. The Bertz CT molecular complexity index is 1720. The molecule has 2 aromatic rings. The van der Waals surface area contributed by atoms with E-state index in [1.54, 1.807) is 0 Å². The lowest BCUT2D eigenvalue weighted by Gasteiger charge is -2.48. The first-order chi connectivity index (χ1) is 27.5. The van der Waals surface area contributed by atoms with Gasteiger partial charge in [-0.2, -0.15) is 0 Å². The predicted molar refractivity (Wildman–Crippen MR) is 189 cm³/mol. The van der Waals surface area contributed by atoms with E-state index < -0.39 is 135 Å². The number of phenolic OH excluding ortho intramolecular Hbond substituents is 4. The van der Waals surface area contributed by atoms with Crippen LogP contribution in [-0.4, -0.2) is 180 Å². The van der Waals surface area contributed by atoms with Crippen LogP contribution in [0.5, 0.6) is 23.0 Å². The standard InChI is InChI=1S/C37H48O21/c1-15-26(45)28(47)31(50)36(53-15)58-33-32(57-25(44)8-5-17-3-6-19(40)21(42)11-17)24(14-52-35-30(49)29(48)27(46)23(13-38)55-35)56-37(34(33)54-16(2)39)51-10-9-18-4-7-20(41)22(43)12-18/h3-8,11-12,15,23-24,26-38,40-43,45-50H,9-10,13-14H2,1-2H3/b8-5+/t15-,23+,24+,26-,27+,28+,29-,30+,31+,32+,33-,34+,35+,36-,37+/m0/s1. The largest absolute Gasteiger partial charge is 0.504 e. The number of carbonyl (C=O) groups is 2. The van der Waals surface area contributed by atoms with E-state index in [2.05, 4.69) is 0 Å². The van der Waals surface area contributed by atoms with Crippen LogP contribution in [0.2, 0.25) is 0 Å². The maximum atomic E-state index is 13.5. The summed E-state index contributed by atoms with van der Waals surface area (Å²) >= 11 is 0. The number of aliphatic hydroxyl groups is 7. The molecule has 0 amide bonds. The number of aliphatic hydroxyl groups excluding tert-OH is 7. The zero-order valence-corrected chi connectivity index (χ0v) is 31.1. The topological polar surface area (TPSA) is 331 Å². The molecule has 0 bridgehead atoms. The Labute approximate surface area is 330 Å². The number of phenols is 4. The van der Waals surface area contributed by atoms with Gasteiger partial charge in [-0.1, -0.05) is 12.1 Å². The quantitative estimate of drug-likeness (QED) is 0.0527. The van der Waals surface area contributed by atoms with Crippen LogP contribution in [0.4, 0.5) is 0 Å². The van der Waals surface area contributed by atoms with Crippen molar-refractivity contribution >= 4 is 18.0 Å². The average molecular weight is 829 g/mol. The summed E-state index contributed by atoms with van der Waals surface area (Å²) in [4.78, 5) is 26.1. The molecular formula is C37H48O21. The molecule has 2 aromatic carbocycles. The Morgan fingerprint density at radius 1 is 0.672 bits per heavy atom. The fourth-order valence-corrected chi connectivity index (χ4v) is 6.44. The highest BCUT2D eigenvalue weighted by atomic mass is 16.8. The van der Waals surface area contributed by atoms with Gasteiger partial charge in [0.25, 0.3) is 0 Å². The normalized spacial score (nSPS) is 35.4. The van der Waals surface area contributed by atoms with Crippen molar-refractivity contribution in [1.82, 2.24) is 0 Å². The van der Waals surface area contributed by atoms with Crippen molar-refractivity contribution < 1.29 is 104 Å². The number of hydrogen-bond donors (Lipinski definition) is 11. The SMILES string of the molecule is CC(=O)O[C@H]1[C@H](OCCc2ccc(O)c(O)c2)O[C@H](CO[C@@H]2O[C@H](CO)[C@@H](O)[C@H](O)[C@H]2O)[C@@H](OC(=O)/C=C/c2ccc(O)c(O)c2)[C@@H]1O[C@@H]1O[C@@H](C)[C@H](O)[C@@H](O)[C@H]1O. The third-order valence-electron chi connectivity index (χ3n) is 9.64. The maximum absolute atomic E-state index is 13.5. The summed E-state index contributed by atoms with van der Waals surface area (Å²) in [5, 5.41) is 112. The van der Waals surface area contributed by atoms with Crippen molar-refractivity contribution in [3.63, 3.8) is 0 Å². The minimum absolute atomic E-state index is 0.0835. The summed E-state index contributed by atoms with van der Waals surface area (Å²) in [5.74, 6) is -3.70. The highest BCUT2D eigenvalue weighted by Crippen LogP contribution is 2.35. The molecule has 58 heavy (non-hydrogen) atoms. The molecule has 322 valence electrons. The second-order valence-corrected chi connectivity index (χ2v) is 13.9. The van der Waals surface area contributed by atoms with Crippen molar-refractivity contribution in [2.45, 2.75) is 112 Å². The third-order valence-corrected chi connectivity index (χ3v) is 9.64. The Balaban J connectivity index is 1.50. The molecule has 3 aliphatic rings. The first kappa shape index (κ1) is 44.9. The second kappa shape index (κ2) is 19.7. The Hall–Kier alpha value is -4.20. The molecule has 0 aromatic heterocycles. The minimum atomic E-state index is -1.92. The van der Waals surface area contributed by atoms with Gasteiger partial charge in [0, 0.05) is 13.0 Å². The van der Waals surface area contributed by atoms with Crippen LogP contribution >= 0.6 is 0 Å². The van der Waals surface area contributed by atoms with Gasteiger partial charge in [-0.25, -0.2) is 4.79 Å². The molecule has 3 heterocycles. The maximum Gasteiger partial charge on any atom is 0.331 e. The van der Waals surface area contributed by atoms with E-state index in [0.717, 1.165) is 19.1 Å². The molecule has 21 nitrogen and oxygen atoms in total. The number of aromatic hydroxyl groups is 4. The molecule has 15 atom stereocenters. The Kier molecular flexibility index (Phi) is 15.2. The van der Waals surface area contributed by atoms with Crippen LogP contribution in [0, 0.1) is 0 Å². The highest BCUT2D eigenvalue weighted by Gasteiger charge is 2.55. The molecule has 21 heteroatoms. The first-order valence-corrected chi connectivity index (χ1v) is 18.1. The molecule has 11 N–H and O–H groups in total. The summed E-state index contributed by atoms with van der Waals surface area (Å²) in [7, 11) is 0. The molecule has 3 fully saturated rings. The molecule has 0 saturated carbocycles. The van der Waals surface area contributed by atoms with Gasteiger partial charge in [0.2, 0.25) is 0 Å². The minimum Gasteiger partial charge on any atom is -0.504 e. The predicted octanol–water partition coefficient (Wildman–Crippen LogP) is -2.62. The van der Waals surface area contributed by atoms with Crippen LogP contribution in [0.15, 0.2) is 42.5 Å². The van der Waals surface area contributed by atoms with Gasteiger partial charge in [-0.3, -0.25) is 4.79 Å². The molecule has 0 unspecified atom stereocenters. The lowest BCUT2D eigenvalue weighted by atomic mass is 9.96. The van der Waals surface area contributed by atoms with E-state index in [1.165, 1.54) is 43.3 Å². The van der Waals surface area contributed by atoms with Crippen LogP contribution in [0.1, 0.15) is 25.0 Å². The van der Waals surface area contributed by atoms with Crippen LogP contribution in [0.3, 0.4) is 0 Å². The molecule has 0 radical (unpaired) electrons. The van der Waals surface area contributed by atoms with Gasteiger partial charge in [0.1, 0.15) is 54.9 Å². The first-order valence-electron chi connectivity index (χ1n) is 18.1. The summed E-state index contributed by atoms with van der Waals surface area (Å²) in [5.41, 5.74) is 0.738. The lowest BCUT2D eigenvalue weighted by Crippen LogP contribution is -2.66. The van der Waals surface area contributed by atoms with Crippen molar-refractivity contribution in [2.75, 3.05) is 19.8 Å². The van der Waals surface area contributed by atoms with E-state index in [0.29, 0.717) is 5.56 Å². The van der Waals surface area contributed by atoms with E-state index >= 15 is 0 Å². The summed E-state index contributed by atoms with van der Waals surface area (Å²) in [6, 6.07) is 7.70. The average Bonchev–Trinajstić information content (AvgIpc) is 3.18. The lowest BCUT2D eigenvalue weighted by molar-refractivity contribution is -0.364. The number of benzene rings is 2. The summed E-state index contributed by atoms with van der Waals surface area (Å²) in [6.45, 7) is 0.703. The van der Waals surface area contributed by atoms with E-state index in [1.807, 2.05) is 0 Å². The molecule has 3 aliphatic heterocycles. The van der Waals surface area contributed by atoms with E-state index in [4.69, 9.17) is 37.9 Å². The second-order valence-electron chi connectivity index (χ2n) is 13.9. The fraction of sp³-hybridized carbons (Fsp3) is 0.568. The van der Waals surface area contributed by atoms with E-state index in [-0.39, 0.29) is 24.3 Å². The smallest absolute Gasteiger partial charge is 0.331 e. The van der Waals surface area contributed by atoms with Gasteiger partial charge in [0.05, 0.1) is 25.9 Å². The number of esters is 2. The highest BCUT2D eigenvalue weighted by molar-refractivity contribution is 5.87. The number of hydrogen-bond acceptors (Lipinski definition) is 21. The van der Waals surface area contributed by atoms with Crippen LogP contribution in [0.25, 0.3) is 6.08 Å². The summed E-state index contributed by atoms with van der Waals surface area (Å²) in [6.07, 6.45) is -22.8.